The van der Waals surface area contributed by atoms with Gasteiger partial charge >= 0.3 is 0 Å². The molecule has 27 heavy (non-hydrogen) atoms. The third-order valence-electron chi connectivity index (χ3n) is 4.75. The van der Waals surface area contributed by atoms with E-state index in [0.29, 0.717) is 48.8 Å². The predicted octanol–water partition coefficient (Wildman–Crippen LogP) is 2.03. The zero-order chi connectivity index (χ0) is 19.4. The van der Waals surface area contributed by atoms with Crippen molar-refractivity contribution in [3.63, 3.8) is 0 Å². The number of carbonyl (C=O) groups is 2. The molecule has 2 aromatic rings. The molecule has 0 unspecified atom stereocenters. The largest absolute Gasteiger partial charge is 0.497 e. The minimum Gasteiger partial charge on any atom is -0.497 e. The number of nitrogens with zero attached hydrogens (tertiary/aromatic N) is 3. The summed E-state index contributed by atoms with van der Waals surface area (Å²) in [4.78, 5) is 29.2. The highest BCUT2D eigenvalue weighted by Crippen LogP contribution is 2.24. The molecular weight excluding hydrogens is 346 g/mol. The van der Waals surface area contributed by atoms with Crippen LogP contribution in [-0.4, -0.2) is 66.6 Å². The van der Waals surface area contributed by atoms with Crippen LogP contribution < -0.4 is 9.47 Å². The molecule has 1 fully saturated rings. The van der Waals surface area contributed by atoms with E-state index in [1.54, 1.807) is 37.3 Å². The van der Waals surface area contributed by atoms with E-state index in [0.717, 1.165) is 6.42 Å². The van der Waals surface area contributed by atoms with Crippen molar-refractivity contribution in [1.82, 2.24) is 14.4 Å². The summed E-state index contributed by atoms with van der Waals surface area (Å²) >= 11 is 0. The van der Waals surface area contributed by atoms with Crippen LogP contribution in [0.3, 0.4) is 0 Å². The normalized spacial score (nSPS) is 14.6. The summed E-state index contributed by atoms with van der Waals surface area (Å²) in [5, 5.41) is 0. The molecule has 1 saturated heterocycles. The van der Waals surface area contributed by atoms with Gasteiger partial charge in [0.25, 0.3) is 11.8 Å². The van der Waals surface area contributed by atoms with Crippen molar-refractivity contribution in [3.05, 3.63) is 47.8 Å². The van der Waals surface area contributed by atoms with Crippen LogP contribution in [0.25, 0.3) is 0 Å². The van der Waals surface area contributed by atoms with Crippen LogP contribution >= 0.6 is 0 Å². The van der Waals surface area contributed by atoms with E-state index < -0.39 is 0 Å². The maximum Gasteiger partial charge on any atom is 0.255 e. The molecule has 2 amide bonds. The molecule has 144 valence electrons. The van der Waals surface area contributed by atoms with Crippen LogP contribution in [-0.2, 0) is 7.05 Å². The first-order chi connectivity index (χ1) is 13.0. The maximum atomic E-state index is 12.9. The highest BCUT2D eigenvalue weighted by Gasteiger charge is 2.24. The van der Waals surface area contributed by atoms with E-state index in [1.165, 1.54) is 0 Å². The van der Waals surface area contributed by atoms with E-state index in [2.05, 4.69) is 0 Å². The number of carbonyl (C=O) groups excluding carboxylic acids is 2. The zero-order valence-electron chi connectivity index (χ0n) is 16.0. The van der Waals surface area contributed by atoms with Gasteiger partial charge < -0.3 is 23.8 Å². The molecule has 0 aliphatic carbocycles. The molecule has 3 rings (SSSR count). The summed E-state index contributed by atoms with van der Waals surface area (Å²) in [6.07, 6.45) is 4.42. The number of aromatic nitrogens is 1. The molecule has 0 bridgehead atoms. The fourth-order valence-corrected chi connectivity index (χ4v) is 3.25. The van der Waals surface area contributed by atoms with Gasteiger partial charge in [0, 0.05) is 57.3 Å². The van der Waals surface area contributed by atoms with Gasteiger partial charge in [0.1, 0.15) is 11.5 Å². The third-order valence-corrected chi connectivity index (χ3v) is 4.75. The monoisotopic (exact) mass is 371 g/mol. The highest BCUT2D eigenvalue weighted by atomic mass is 16.5. The lowest BCUT2D eigenvalue weighted by Gasteiger charge is -2.22. The van der Waals surface area contributed by atoms with Crippen LogP contribution in [0.5, 0.6) is 11.5 Å². The quantitative estimate of drug-likeness (QED) is 0.825. The number of aryl methyl sites for hydroxylation is 1. The van der Waals surface area contributed by atoms with Gasteiger partial charge in [-0.25, -0.2) is 0 Å². The van der Waals surface area contributed by atoms with Crippen LogP contribution in [0, 0.1) is 0 Å². The van der Waals surface area contributed by atoms with Crippen LogP contribution in [0.1, 0.15) is 27.1 Å². The van der Waals surface area contributed by atoms with Crippen molar-refractivity contribution in [2.75, 3.05) is 40.4 Å². The van der Waals surface area contributed by atoms with Crippen molar-refractivity contribution < 1.29 is 19.1 Å². The molecule has 0 radical (unpaired) electrons. The van der Waals surface area contributed by atoms with Gasteiger partial charge in [0.15, 0.2) is 0 Å². The molecule has 0 atom stereocenters. The Morgan fingerprint density at radius 3 is 1.89 bits per heavy atom. The lowest BCUT2D eigenvalue weighted by atomic mass is 10.1. The van der Waals surface area contributed by atoms with Crippen LogP contribution in [0.4, 0.5) is 0 Å². The van der Waals surface area contributed by atoms with Gasteiger partial charge in [0.2, 0.25) is 0 Å². The molecule has 1 aromatic heterocycles. The predicted molar refractivity (Wildman–Crippen MR) is 101 cm³/mol. The second-order valence-electron chi connectivity index (χ2n) is 6.60. The standard InChI is InChI=1S/C20H25N3O4/c1-21-8-5-15(14-21)19(24)22-6-4-7-23(10-9-22)20(25)16-11-17(26-2)13-18(12-16)27-3/h5,8,11-14H,4,6-7,9-10H2,1-3H3. The van der Waals surface area contributed by atoms with Gasteiger partial charge in [-0.2, -0.15) is 0 Å². The molecular formula is C20H25N3O4. The number of hydrogen-bond donors (Lipinski definition) is 0. The topological polar surface area (TPSA) is 64.0 Å². The smallest absolute Gasteiger partial charge is 0.255 e. The van der Waals surface area contributed by atoms with E-state index in [1.807, 2.05) is 35.0 Å². The number of benzene rings is 1. The summed E-state index contributed by atoms with van der Waals surface area (Å²) in [5.41, 5.74) is 1.20. The SMILES string of the molecule is COc1cc(OC)cc(C(=O)N2CCCN(C(=O)c3ccn(C)c3)CC2)c1. The summed E-state index contributed by atoms with van der Waals surface area (Å²) in [5.74, 6) is 1.08. The van der Waals surface area contributed by atoms with Gasteiger partial charge in [-0.15, -0.1) is 0 Å². The molecule has 1 aliphatic rings. The number of rotatable bonds is 4. The molecule has 7 heteroatoms. The van der Waals surface area contributed by atoms with Crippen LogP contribution in [0.15, 0.2) is 36.7 Å². The molecule has 1 aliphatic heterocycles. The Labute approximate surface area is 159 Å². The Balaban J connectivity index is 1.70. The summed E-state index contributed by atoms with van der Waals surface area (Å²) in [7, 11) is 5.01. The first-order valence-electron chi connectivity index (χ1n) is 8.95. The first-order valence-corrected chi connectivity index (χ1v) is 8.95. The lowest BCUT2D eigenvalue weighted by Crippen LogP contribution is -2.37. The number of methoxy groups -OCH3 is 2. The van der Waals surface area contributed by atoms with Crippen molar-refractivity contribution >= 4 is 11.8 Å². The van der Waals surface area contributed by atoms with Crippen molar-refractivity contribution in [2.24, 2.45) is 7.05 Å². The van der Waals surface area contributed by atoms with Crippen molar-refractivity contribution in [2.45, 2.75) is 6.42 Å². The molecule has 7 nitrogen and oxygen atoms in total. The van der Waals surface area contributed by atoms with E-state index in [4.69, 9.17) is 9.47 Å². The number of amides is 2. The third kappa shape index (κ3) is 4.24. The van der Waals surface area contributed by atoms with Crippen molar-refractivity contribution in [3.8, 4) is 11.5 Å². The van der Waals surface area contributed by atoms with Gasteiger partial charge in [-0.05, 0) is 24.6 Å². The Hall–Kier alpha value is -2.96. The van der Waals surface area contributed by atoms with Gasteiger partial charge in [0.05, 0.1) is 19.8 Å². The second kappa shape index (κ2) is 8.16. The molecule has 1 aromatic carbocycles. The second-order valence-corrected chi connectivity index (χ2v) is 6.60. The highest BCUT2D eigenvalue weighted by molar-refractivity contribution is 5.96. The number of ether oxygens (including phenoxy) is 2. The Bertz CT molecular complexity index is 808. The molecule has 2 heterocycles. The minimum atomic E-state index is -0.0822. The lowest BCUT2D eigenvalue weighted by molar-refractivity contribution is 0.0718. The average Bonchev–Trinajstić information content (AvgIpc) is 2.98. The summed E-state index contributed by atoms with van der Waals surface area (Å²) in [6.45, 7) is 2.26. The van der Waals surface area contributed by atoms with Gasteiger partial charge in [-0.1, -0.05) is 0 Å². The number of hydrogen-bond acceptors (Lipinski definition) is 4. The maximum absolute atomic E-state index is 12.9. The van der Waals surface area contributed by atoms with E-state index in [9.17, 15) is 9.59 Å². The molecule has 0 saturated carbocycles. The Morgan fingerprint density at radius 2 is 1.41 bits per heavy atom. The van der Waals surface area contributed by atoms with Crippen LogP contribution in [0.2, 0.25) is 0 Å². The van der Waals surface area contributed by atoms with E-state index in [-0.39, 0.29) is 11.8 Å². The average molecular weight is 371 g/mol. The fourth-order valence-electron chi connectivity index (χ4n) is 3.25. The first kappa shape index (κ1) is 18.8. The van der Waals surface area contributed by atoms with Gasteiger partial charge in [-0.3, -0.25) is 9.59 Å². The minimum absolute atomic E-state index is 0.00736. The molecule has 0 spiro atoms. The Morgan fingerprint density at radius 1 is 0.852 bits per heavy atom. The van der Waals surface area contributed by atoms with E-state index >= 15 is 0 Å². The Kier molecular flexibility index (Phi) is 5.69. The zero-order valence-corrected chi connectivity index (χ0v) is 16.0. The van der Waals surface area contributed by atoms with Crippen molar-refractivity contribution in [1.29, 1.82) is 0 Å². The molecule has 0 N–H and O–H groups in total. The fraction of sp³-hybridized carbons (Fsp3) is 0.400. The summed E-state index contributed by atoms with van der Waals surface area (Å²) < 4.78 is 12.4. The summed E-state index contributed by atoms with van der Waals surface area (Å²) in [6, 6.07) is 6.98.